The van der Waals surface area contributed by atoms with Gasteiger partial charge in [0, 0.05) is 16.8 Å². The van der Waals surface area contributed by atoms with Gasteiger partial charge in [0.15, 0.2) is 0 Å². The lowest BCUT2D eigenvalue weighted by Gasteiger charge is -2.12. The first kappa shape index (κ1) is 25.1. The third kappa shape index (κ3) is 6.06. The predicted molar refractivity (Wildman–Crippen MR) is 136 cm³/mol. The average Bonchev–Trinajstić information content (AvgIpc) is 2.90. The molecule has 4 aromatic rings. The highest BCUT2D eigenvalue weighted by Crippen LogP contribution is 2.33. The minimum absolute atomic E-state index is 0. The van der Waals surface area contributed by atoms with E-state index >= 15 is 0 Å². The molecule has 35 heavy (non-hydrogen) atoms. The van der Waals surface area contributed by atoms with E-state index in [0.29, 0.717) is 12.2 Å². The number of aromatic carboxylic acids is 2. The fourth-order valence-electron chi connectivity index (χ4n) is 3.52. The van der Waals surface area contributed by atoms with Crippen LogP contribution in [0, 0.1) is 0 Å². The summed E-state index contributed by atoms with van der Waals surface area (Å²) in [4.78, 5) is 33.0. The molecule has 0 aliphatic carbocycles. The zero-order valence-corrected chi connectivity index (χ0v) is 18.4. The second kappa shape index (κ2) is 11.5. The highest BCUT2D eigenvalue weighted by Gasteiger charge is 2.10. The molecule has 0 bridgehead atoms. The number of carbonyl (C=O) groups is 3. The molecule has 4 aromatic carbocycles. The Morgan fingerprint density at radius 1 is 0.629 bits per heavy atom. The van der Waals surface area contributed by atoms with Crippen LogP contribution in [-0.2, 0) is 4.79 Å². The summed E-state index contributed by atoms with van der Waals surface area (Å²) in [7, 11) is 3.75. The van der Waals surface area contributed by atoms with Gasteiger partial charge in [-0.2, -0.15) is 0 Å². The van der Waals surface area contributed by atoms with E-state index < -0.39 is 11.9 Å². The zero-order chi connectivity index (χ0) is 25.4. The van der Waals surface area contributed by atoms with Crippen LogP contribution in [-0.4, -0.2) is 46.7 Å². The van der Waals surface area contributed by atoms with Crippen molar-refractivity contribution in [3.05, 3.63) is 102 Å². The van der Waals surface area contributed by atoms with Crippen molar-refractivity contribution in [3.63, 3.8) is 0 Å². The maximum absolute atomic E-state index is 11.2. The second-order valence-corrected chi connectivity index (χ2v) is 7.30. The lowest BCUT2D eigenvalue weighted by molar-refractivity contribution is -0.120. The summed E-state index contributed by atoms with van der Waals surface area (Å²) in [5.41, 5.74) is 5.60. The third-order valence-electron chi connectivity index (χ3n) is 5.24. The molecule has 0 aromatic heterocycles. The van der Waals surface area contributed by atoms with Gasteiger partial charge < -0.3 is 14.9 Å². The quantitative estimate of drug-likeness (QED) is 0.307. The largest absolute Gasteiger partial charge is 0.478 e. The SMILES string of the molecule is O=COc1ccc(-c2cc(-c3ccc(C(=O)O)cc3)cc(-c3ccc(C(=O)O)cc3)c2)cc1.[3H][B].[B]. The second-order valence-electron chi connectivity index (χ2n) is 7.30. The standard InChI is InChI=1S/C27H18O6.BH.B/c28-16-33-25-11-9-19(10-12-25)24-14-22(17-1-5-20(6-2-17)26(29)30)13-23(15-24)18-3-7-21(8-4-18)27(31)32;;/h1-16H,(H,29,30)(H,31,32);1H;/i;1T;. The smallest absolute Gasteiger partial charge is 0.335 e. The van der Waals surface area contributed by atoms with Gasteiger partial charge in [0.25, 0.3) is 6.47 Å². The van der Waals surface area contributed by atoms with Crippen molar-refractivity contribution in [1.82, 2.24) is 0 Å². The number of carboxylic acid groups (broad SMARTS) is 2. The van der Waals surface area contributed by atoms with Gasteiger partial charge in [0.05, 0.1) is 11.1 Å². The molecular formula is C27H19B2O6. The Bertz CT molecular complexity index is 1260. The summed E-state index contributed by atoms with van der Waals surface area (Å²) in [6.07, 6.45) is 0. The van der Waals surface area contributed by atoms with Crippen LogP contribution >= 0.6 is 0 Å². The van der Waals surface area contributed by atoms with Crippen LogP contribution in [0.1, 0.15) is 20.7 Å². The fourth-order valence-corrected chi connectivity index (χ4v) is 3.52. The summed E-state index contributed by atoms with van der Waals surface area (Å²) in [5.74, 6) is -1.56. The van der Waals surface area contributed by atoms with Gasteiger partial charge >= 0.3 is 11.9 Å². The lowest BCUT2D eigenvalue weighted by Crippen LogP contribution is -1.95. The van der Waals surface area contributed by atoms with Gasteiger partial charge in [-0.3, -0.25) is 4.79 Å². The summed E-state index contributed by atoms with van der Waals surface area (Å²) in [6, 6.07) is 26.2. The summed E-state index contributed by atoms with van der Waals surface area (Å²) in [6.45, 7) is 0.370. The van der Waals surface area contributed by atoms with E-state index in [4.69, 9.17) is 6.07 Å². The number of carbonyl (C=O) groups excluding carboxylic acids is 1. The van der Waals surface area contributed by atoms with Crippen molar-refractivity contribution in [2.24, 2.45) is 0 Å². The molecule has 4 rings (SSSR count). The molecule has 8 heteroatoms. The summed E-state index contributed by atoms with van der Waals surface area (Å²) >= 11 is 0. The van der Waals surface area contributed by atoms with Crippen molar-refractivity contribution in [1.29, 1.82) is 1.34 Å². The molecule has 0 amide bonds. The summed E-state index contributed by atoms with van der Waals surface area (Å²) in [5, 5.41) is 18.4. The van der Waals surface area contributed by atoms with Gasteiger partial charge in [-0.05, 0) is 89.3 Å². The maximum atomic E-state index is 11.2. The van der Waals surface area contributed by atoms with Crippen molar-refractivity contribution >= 4 is 35.2 Å². The van der Waals surface area contributed by atoms with E-state index in [2.05, 4.69) is 8.38 Å². The van der Waals surface area contributed by atoms with E-state index in [1.165, 1.54) is 0 Å². The molecule has 0 fully saturated rings. The highest BCUT2D eigenvalue weighted by atomic mass is 16.5. The molecule has 5 radical (unpaired) electrons. The van der Waals surface area contributed by atoms with Gasteiger partial charge in [-0.15, -0.1) is 0 Å². The Morgan fingerprint density at radius 2 is 0.943 bits per heavy atom. The number of benzene rings is 4. The van der Waals surface area contributed by atoms with E-state index in [9.17, 15) is 24.6 Å². The van der Waals surface area contributed by atoms with Crippen LogP contribution < -0.4 is 4.74 Å². The molecule has 0 aliphatic heterocycles. The Balaban J connectivity index is 0.00000148. The topological polar surface area (TPSA) is 101 Å². The maximum Gasteiger partial charge on any atom is 0.335 e. The van der Waals surface area contributed by atoms with E-state index in [1.54, 1.807) is 60.7 Å². The van der Waals surface area contributed by atoms with Crippen molar-refractivity contribution in [2.45, 2.75) is 0 Å². The molecule has 0 saturated heterocycles. The lowest BCUT2D eigenvalue weighted by atomic mass is 9.92. The number of hydrogen-bond acceptors (Lipinski definition) is 4. The average molecular weight is 463 g/mol. The Kier molecular flexibility index (Phi) is 8.24. The normalized spacial score (nSPS) is 10.0. The van der Waals surface area contributed by atoms with Gasteiger partial charge in [0.1, 0.15) is 5.75 Å². The summed E-state index contributed by atoms with van der Waals surface area (Å²) < 4.78 is 10.1. The van der Waals surface area contributed by atoms with Crippen molar-refractivity contribution < 1.29 is 29.3 Å². The first-order chi connectivity index (χ1) is 16.9. The molecule has 169 valence electrons. The van der Waals surface area contributed by atoms with Crippen LogP contribution in [0.3, 0.4) is 0 Å². The fraction of sp³-hybridized carbons (Fsp3) is 0. The number of carboxylic acids is 2. The Morgan fingerprint density at radius 3 is 1.23 bits per heavy atom. The molecule has 2 N–H and O–H groups in total. The van der Waals surface area contributed by atoms with Gasteiger partial charge in [-0.1, -0.05) is 36.4 Å². The predicted octanol–water partition coefficient (Wildman–Crippen LogP) is 4.59. The Hall–Kier alpha value is -4.58. The molecule has 0 heterocycles. The molecular weight excluding hydrogens is 442 g/mol. The molecule has 6 nitrogen and oxygen atoms in total. The minimum Gasteiger partial charge on any atom is -0.478 e. The molecule has 0 atom stereocenters. The minimum atomic E-state index is -0.993. The first-order valence-corrected chi connectivity index (χ1v) is 9.98. The van der Waals surface area contributed by atoms with Crippen LogP contribution in [0.4, 0.5) is 0 Å². The third-order valence-corrected chi connectivity index (χ3v) is 5.24. The highest BCUT2D eigenvalue weighted by molar-refractivity contribution is 5.90. The molecule has 0 unspecified atom stereocenters. The number of ether oxygens (including phenoxy) is 1. The molecule has 0 saturated carbocycles. The van der Waals surface area contributed by atoms with E-state index in [1.807, 2.05) is 30.3 Å². The van der Waals surface area contributed by atoms with Crippen LogP contribution in [0.15, 0.2) is 91.0 Å². The van der Waals surface area contributed by atoms with Crippen LogP contribution in [0.5, 0.6) is 5.75 Å². The monoisotopic (exact) mass is 463 g/mol. The van der Waals surface area contributed by atoms with E-state index in [0.717, 1.165) is 33.4 Å². The van der Waals surface area contributed by atoms with Crippen molar-refractivity contribution in [3.8, 4) is 39.1 Å². The van der Waals surface area contributed by atoms with Gasteiger partial charge in [-0.25, -0.2) is 9.59 Å². The first-order valence-electron chi connectivity index (χ1n) is 10.6. The van der Waals surface area contributed by atoms with Crippen LogP contribution in [0.25, 0.3) is 33.4 Å². The van der Waals surface area contributed by atoms with Crippen molar-refractivity contribution in [2.75, 3.05) is 0 Å². The molecule has 0 aliphatic rings. The zero-order valence-electron chi connectivity index (χ0n) is 19.4. The van der Waals surface area contributed by atoms with Crippen LogP contribution in [0.2, 0.25) is 0 Å². The number of rotatable bonds is 7. The molecule has 0 spiro atoms. The van der Waals surface area contributed by atoms with Gasteiger partial charge in [0.2, 0.25) is 0 Å². The Labute approximate surface area is 207 Å². The number of hydrogen-bond donors (Lipinski definition) is 2. The van der Waals surface area contributed by atoms with E-state index in [-0.39, 0.29) is 19.5 Å².